The number of nitrogens with zero attached hydrogens (tertiary/aromatic N) is 1. The Morgan fingerprint density at radius 2 is 1.92 bits per heavy atom. The van der Waals surface area contributed by atoms with Gasteiger partial charge in [-0.2, -0.15) is 0 Å². The molecule has 1 N–H and O–H groups in total. The van der Waals surface area contributed by atoms with Crippen molar-refractivity contribution < 1.29 is 18.7 Å². The number of aromatic nitrogens is 1. The van der Waals surface area contributed by atoms with Crippen molar-refractivity contribution in [3.05, 3.63) is 46.7 Å². The molecule has 130 valence electrons. The molecular weight excluding hydrogens is 308 g/mol. The average Bonchev–Trinajstić information content (AvgIpc) is 3.12. The molecule has 1 unspecified atom stereocenters. The highest BCUT2D eigenvalue weighted by Gasteiger charge is 2.27. The van der Waals surface area contributed by atoms with Gasteiger partial charge in [-0.1, -0.05) is 0 Å². The Labute approximate surface area is 141 Å². The number of carbonyl (C=O) groups is 2. The summed E-state index contributed by atoms with van der Waals surface area (Å²) < 4.78 is 10.6. The summed E-state index contributed by atoms with van der Waals surface area (Å²) in [5.41, 5.74) is 2.04. The molecule has 0 radical (unpaired) electrons. The summed E-state index contributed by atoms with van der Waals surface area (Å²) in [7, 11) is 1.71. The van der Waals surface area contributed by atoms with Crippen molar-refractivity contribution in [1.29, 1.82) is 0 Å². The highest BCUT2D eigenvalue weighted by molar-refractivity contribution is 6.00. The summed E-state index contributed by atoms with van der Waals surface area (Å²) in [6, 6.07) is 3.39. The third-order valence-electron chi connectivity index (χ3n) is 4.05. The minimum Gasteiger partial charge on any atom is -0.467 e. The number of amides is 1. The summed E-state index contributed by atoms with van der Waals surface area (Å²) in [6.07, 6.45) is 1.36. The minimum atomic E-state index is -0.419. The smallest absolute Gasteiger partial charge is 0.340 e. The van der Waals surface area contributed by atoms with Crippen LogP contribution >= 0.6 is 0 Å². The number of aromatic amines is 1. The molecule has 0 saturated carbocycles. The van der Waals surface area contributed by atoms with Crippen LogP contribution < -0.4 is 0 Å². The largest absolute Gasteiger partial charge is 0.467 e. The van der Waals surface area contributed by atoms with Crippen LogP contribution in [0.1, 0.15) is 64.7 Å². The van der Waals surface area contributed by atoms with Gasteiger partial charge < -0.3 is 19.0 Å². The lowest BCUT2D eigenvalue weighted by molar-refractivity contribution is 0.0376. The zero-order valence-electron chi connectivity index (χ0n) is 15.0. The predicted octanol–water partition coefficient (Wildman–Crippen LogP) is 3.62. The van der Waals surface area contributed by atoms with Crippen LogP contribution in [-0.2, 0) is 4.74 Å². The van der Waals surface area contributed by atoms with E-state index < -0.39 is 5.97 Å². The van der Waals surface area contributed by atoms with Gasteiger partial charge in [0.05, 0.1) is 24.0 Å². The van der Waals surface area contributed by atoms with Gasteiger partial charge in [0.1, 0.15) is 11.5 Å². The number of ether oxygens (including phenoxy) is 1. The van der Waals surface area contributed by atoms with Gasteiger partial charge in [-0.3, -0.25) is 4.79 Å². The van der Waals surface area contributed by atoms with Gasteiger partial charge in [-0.15, -0.1) is 0 Å². The van der Waals surface area contributed by atoms with E-state index in [4.69, 9.17) is 9.15 Å². The Balaban J connectivity index is 2.29. The molecule has 0 saturated heterocycles. The SMILES string of the molecule is Cc1[nH]c(C(=O)N(C)C(C)c2ccco2)c(C)c1C(=O)OC(C)C. The lowest BCUT2D eigenvalue weighted by Crippen LogP contribution is -2.30. The van der Waals surface area contributed by atoms with Gasteiger partial charge >= 0.3 is 5.97 Å². The Morgan fingerprint density at radius 1 is 1.25 bits per heavy atom. The quantitative estimate of drug-likeness (QED) is 0.849. The van der Waals surface area contributed by atoms with E-state index in [0.717, 1.165) is 0 Å². The lowest BCUT2D eigenvalue weighted by atomic mass is 10.1. The molecule has 0 aliphatic heterocycles. The van der Waals surface area contributed by atoms with Crippen LogP contribution in [-0.4, -0.2) is 34.9 Å². The zero-order chi connectivity index (χ0) is 18.0. The molecular formula is C18H24N2O4. The number of H-pyrrole nitrogens is 1. The van der Waals surface area contributed by atoms with Crippen molar-refractivity contribution in [1.82, 2.24) is 9.88 Å². The molecule has 0 bridgehead atoms. The molecule has 1 amide bonds. The first-order valence-electron chi connectivity index (χ1n) is 7.94. The molecule has 2 aromatic heterocycles. The molecule has 2 aromatic rings. The molecule has 0 aliphatic rings. The number of hydrogen-bond acceptors (Lipinski definition) is 4. The van der Waals surface area contributed by atoms with E-state index in [0.29, 0.717) is 28.3 Å². The number of rotatable bonds is 5. The molecule has 0 spiro atoms. The normalized spacial score (nSPS) is 12.3. The van der Waals surface area contributed by atoms with Gasteiger partial charge in [0, 0.05) is 12.7 Å². The van der Waals surface area contributed by atoms with E-state index in [1.165, 1.54) is 0 Å². The third kappa shape index (κ3) is 3.37. The maximum atomic E-state index is 12.8. The van der Waals surface area contributed by atoms with Gasteiger partial charge in [0.25, 0.3) is 5.91 Å². The average molecular weight is 332 g/mol. The molecule has 1 atom stereocenters. The van der Waals surface area contributed by atoms with E-state index in [1.54, 1.807) is 52.0 Å². The van der Waals surface area contributed by atoms with Crippen LogP contribution in [0.15, 0.2) is 22.8 Å². The lowest BCUT2D eigenvalue weighted by Gasteiger charge is -2.23. The predicted molar refractivity (Wildman–Crippen MR) is 90.0 cm³/mol. The zero-order valence-corrected chi connectivity index (χ0v) is 15.0. The molecule has 2 heterocycles. The number of aryl methyl sites for hydroxylation is 1. The van der Waals surface area contributed by atoms with Gasteiger partial charge in [0.2, 0.25) is 0 Å². The molecule has 0 aliphatic carbocycles. The maximum absolute atomic E-state index is 12.8. The number of carbonyl (C=O) groups excluding carboxylic acids is 2. The summed E-state index contributed by atoms with van der Waals surface area (Å²) in [5, 5.41) is 0. The monoisotopic (exact) mass is 332 g/mol. The van der Waals surface area contributed by atoms with Crippen LogP contribution in [0.4, 0.5) is 0 Å². The van der Waals surface area contributed by atoms with E-state index in [1.807, 2.05) is 13.0 Å². The molecule has 6 nitrogen and oxygen atoms in total. The topological polar surface area (TPSA) is 75.5 Å². The fourth-order valence-corrected chi connectivity index (χ4v) is 2.62. The van der Waals surface area contributed by atoms with E-state index in [-0.39, 0.29) is 18.1 Å². The number of esters is 1. The van der Waals surface area contributed by atoms with Gasteiger partial charge in [-0.05, 0) is 52.3 Å². The Bertz CT molecular complexity index is 729. The molecule has 24 heavy (non-hydrogen) atoms. The Kier molecular flexibility index (Phi) is 5.17. The highest BCUT2D eigenvalue weighted by atomic mass is 16.5. The minimum absolute atomic E-state index is 0.205. The molecule has 6 heteroatoms. The Hall–Kier alpha value is -2.50. The Morgan fingerprint density at radius 3 is 2.46 bits per heavy atom. The highest BCUT2D eigenvalue weighted by Crippen LogP contribution is 2.25. The number of nitrogens with one attached hydrogen (secondary N) is 1. The number of hydrogen-bond donors (Lipinski definition) is 1. The summed E-state index contributed by atoms with van der Waals surface area (Å²) >= 11 is 0. The molecule has 0 fully saturated rings. The summed E-state index contributed by atoms with van der Waals surface area (Å²) in [5.74, 6) is 0.0753. The second-order valence-corrected chi connectivity index (χ2v) is 6.19. The summed E-state index contributed by atoms with van der Waals surface area (Å²) in [6.45, 7) is 8.98. The fraction of sp³-hybridized carbons (Fsp3) is 0.444. The third-order valence-corrected chi connectivity index (χ3v) is 4.05. The van der Waals surface area contributed by atoms with Crippen LogP contribution in [0.5, 0.6) is 0 Å². The molecule has 2 rings (SSSR count). The van der Waals surface area contributed by atoms with Crippen molar-refractivity contribution in [2.75, 3.05) is 7.05 Å². The van der Waals surface area contributed by atoms with Crippen molar-refractivity contribution in [3.8, 4) is 0 Å². The van der Waals surface area contributed by atoms with Crippen molar-refractivity contribution in [3.63, 3.8) is 0 Å². The number of furan rings is 1. The van der Waals surface area contributed by atoms with Crippen LogP contribution in [0.25, 0.3) is 0 Å². The van der Waals surface area contributed by atoms with E-state index >= 15 is 0 Å². The van der Waals surface area contributed by atoms with E-state index in [2.05, 4.69) is 4.98 Å². The van der Waals surface area contributed by atoms with Crippen LogP contribution in [0.2, 0.25) is 0 Å². The van der Waals surface area contributed by atoms with Crippen molar-refractivity contribution >= 4 is 11.9 Å². The van der Waals surface area contributed by atoms with Crippen molar-refractivity contribution in [2.24, 2.45) is 0 Å². The van der Waals surface area contributed by atoms with E-state index in [9.17, 15) is 9.59 Å². The second-order valence-electron chi connectivity index (χ2n) is 6.19. The van der Waals surface area contributed by atoms with Crippen LogP contribution in [0, 0.1) is 13.8 Å². The summed E-state index contributed by atoms with van der Waals surface area (Å²) in [4.78, 5) is 29.7. The van der Waals surface area contributed by atoms with Gasteiger partial charge in [0.15, 0.2) is 0 Å². The molecule has 0 aromatic carbocycles. The second kappa shape index (κ2) is 6.95. The maximum Gasteiger partial charge on any atom is 0.340 e. The van der Waals surface area contributed by atoms with Crippen molar-refractivity contribution in [2.45, 2.75) is 46.8 Å². The van der Waals surface area contributed by atoms with Gasteiger partial charge in [-0.25, -0.2) is 4.79 Å². The first kappa shape index (κ1) is 17.8. The standard InChI is InChI=1S/C18H24N2O4/c1-10(2)24-18(22)15-11(3)16(19-12(15)4)17(21)20(6)13(5)14-8-7-9-23-14/h7-10,13,19H,1-6H3. The van der Waals surface area contributed by atoms with Crippen LogP contribution in [0.3, 0.4) is 0 Å². The fourth-order valence-electron chi connectivity index (χ4n) is 2.62. The first-order valence-corrected chi connectivity index (χ1v) is 7.94. The first-order chi connectivity index (χ1) is 11.2.